The largest absolute Gasteiger partial charge is 0.481 e. The van der Waals surface area contributed by atoms with Crippen molar-refractivity contribution in [3.8, 4) is 0 Å². The Kier molecular flexibility index (Phi) is 3.98. The highest BCUT2D eigenvalue weighted by molar-refractivity contribution is 6.03. The molecule has 2 aromatic rings. The van der Waals surface area contributed by atoms with E-state index in [0.29, 0.717) is 42.7 Å². The first-order valence-corrected chi connectivity index (χ1v) is 8.81. The Morgan fingerprint density at radius 1 is 1.19 bits per heavy atom. The van der Waals surface area contributed by atoms with Crippen molar-refractivity contribution in [1.82, 2.24) is 10.3 Å². The van der Waals surface area contributed by atoms with Crippen LogP contribution >= 0.6 is 0 Å². The predicted octanol–water partition coefficient (Wildman–Crippen LogP) is 1.49. The van der Waals surface area contributed by atoms with Gasteiger partial charge in [-0.3, -0.25) is 9.59 Å². The second kappa shape index (κ2) is 6.22. The number of nitrogens with one attached hydrogen (secondary N) is 1. The van der Waals surface area contributed by atoms with Crippen molar-refractivity contribution in [2.45, 2.75) is 24.8 Å². The molecule has 0 radical (unpaired) electrons. The molecule has 1 aromatic heterocycles. The monoisotopic (exact) mass is 369 g/mol. The van der Waals surface area contributed by atoms with E-state index in [-0.39, 0.29) is 17.9 Å². The van der Waals surface area contributed by atoms with Gasteiger partial charge in [-0.05, 0) is 25.0 Å². The lowest BCUT2D eigenvalue weighted by atomic mass is 9.77. The molecule has 2 fully saturated rings. The molecule has 1 amide bonds. The van der Waals surface area contributed by atoms with Crippen molar-refractivity contribution in [1.29, 1.82) is 0 Å². The smallest absolute Gasteiger partial charge is 0.336 e. The van der Waals surface area contributed by atoms with E-state index in [1.807, 2.05) is 11.0 Å². The van der Waals surface area contributed by atoms with Gasteiger partial charge in [-0.25, -0.2) is 9.78 Å². The van der Waals surface area contributed by atoms with E-state index in [2.05, 4.69) is 10.3 Å². The van der Waals surface area contributed by atoms with Crippen LogP contribution in [0.1, 0.15) is 29.6 Å². The number of carboxylic acids is 2. The molecule has 0 unspecified atom stereocenters. The summed E-state index contributed by atoms with van der Waals surface area (Å²) in [6.45, 7) is 0.989. The molecule has 140 valence electrons. The second-order valence-corrected chi connectivity index (χ2v) is 7.14. The Morgan fingerprint density at radius 2 is 1.89 bits per heavy atom. The Bertz CT molecular complexity index is 950. The molecule has 27 heavy (non-hydrogen) atoms. The zero-order valence-corrected chi connectivity index (χ0v) is 14.5. The summed E-state index contributed by atoms with van der Waals surface area (Å²) >= 11 is 0. The normalized spacial score (nSPS) is 21.4. The average Bonchev–Trinajstić information content (AvgIpc) is 2.97. The van der Waals surface area contributed by atoms with Gasteiger partial charge in [0.05, 0.1) is 22.5 Å². The maximum Gasteiger partial charge on any atom is 0.336 e. The molecule has 1 spiro atoms. The number of pyridine rings is 1. The summed E-state index contributed by atoms with van der Waals surface area (Å²) < 4.78 is 0. The number of carboxylic acid groups (broad SMARTS) is 2. The number of para-hydroxylation sites is 1. The zero-order chi connectivity index (χ0) is 19.2. The minimum Gasteiger partial charge on any atom is -0.481 e. The maximum absolute atomic E-state index is 11.8. The Labute approximate surface area is 154 Å². The van der Waals surface area contributed by atoms with E-state index in [9.17, 15) is 24.6 Å². The lowest BCUT2D eigenvalue weighted by molar-refractivity contribution is -0.144. The van der Waals surface area contributed by atoms with Crippen LogP contribution in [0.5, 0.6) is 0 Å². The van der Waals surface area contributed by atoms with Crippen molar-refractivity contribution in [2.75, 3.05) is 18.0 Å². The number of carbonyl (C=O) groups excluding carboxylic acids is 1. The topological polar surface area (TPSA) is 120 Å². The van der Waals surface area contributed by atoms with E-state index < -0.39 is 23.4 Å². The fourth-order valence-electron chi connectivity index (χ4n) is 4.23. The zero-order valence-electron chi connectivity index (χ0n) is 14.5. The molecule has 1 atom stereocenters. The van der Waals surface area contributed by atoms with E-state index >= 15 is 0 Å². The van der Waals surface area contributed by atoms with Crippen LogP contribution in [0.2, 0.25) is 0 Å². The summed E-state index contributed by atoms with van der Waals surface area (Å²) in [5.74, 6) is -2.38. The van der Waals surface area contributed by atoms with Gasteiger partial charge < -0.3 is 20.4 Å². The summed E-state index contributed by atoms with van der Waals surface area (Å²) in [7, 11) is 0. The SMILES string of the molecule is O=C1C[C@H](C(=O)O)C2(CCN(c3cc(C(=O)O)c4ccccc4n3)CC2)N1. The number of benzene rings is 1. The van der Waals surface area contributed by atoms with Crippen LogP contribution in [0.4, 0.5) is 5.82 Å². The molecule has 0 bridgehead atoms. The van der Waals surface area contributed by atoms with Crippen LogP contribution in [0.3, 0.4) is 0 Å². The number of nitrogens with zero attached hydrogens (tertiary/aromatic N) is 2. The Hall–Kier alpha value is -3.16. The van der Waals surface area contributed by atoms with E-state index in [1.165, 1.54) is 0 Å². The highest BCUT2D eigenvalue weighted by Crippen LogP contribution is 2.38. The van der Waals surface area contributed by atoms with Crippen LogP contribution in [0.25, 0.3) is 10.9 Å². The number of aliphatic carboxylic acids is 1. The molecule has 2 aliphatic heterocycles. The fourth-order valence-corrected chi connectivity index (χ4v) is 4.23. The van der Waals surface area contributed by atoms with Crippen molar-refractivity contribution in [3.05, 3.63) is 35.9 Å². The molecule has 8 heteroatoms. The molecule has 3 N–H and O–H groups in total. The first kappa shape index (κ1) is 17.3. The van der Waals surface area contributed by atoms with Gasteiger partial charge in [0.15, 0.2) is 0 Å². The third-order valence-corrected chi connectivity index (χ3v) is 5.66. The summed E-state index contributed by atoms with van der Waals surface area (Å²) in [6, 6.07) is 8.64. The molecule has 0 saturated carbocycles. The van der Waals surface area contributed by atoms with Crippen LogP contribution in [0, 0.1) is 5.92 Å². The number of aromatic nitrogens is 1. The Morgan fingerprint density at radius 3 is 2.56 bits per heavy atom. The summed E-state index contributed by atoms with van der Waals surface area (Å²) in [6.07, 6.45) is 0.964. The molecular weight excluding hydrogens is 350 g/mol. The number of hydrogen-bond donors (Lipinski definition) is 3. The highest BCUT2D eigenvalue weighted by atomic mass is 16.4. The average molecular weight is 369 g/mol. The first-order chi connectivity index (χ1) is 12.9. The molecule has 3 heterocycles. The second-order valence-electron chi connectivity index (χ2n) is 7.14. The molecule has 0 aliphatic carbocycles. The number of fused-ring (bicyclic) bond motifs is 1. The molecule has 1 aromatic carbocycles. The van der Waals surface area contributed by atoms with Crippen LogP contribution in [0.15, 0.2) is 30.3 Å². The third-order valence-electron chi connectivity index (χ3n) is 5.66. The van der Waals surface area contributed by atoms with Gasteiger partial charge in [-0.2, -0.15) is 0 Å². The predicted molar refractivity (Wildman–Crippen MR) is 96.8 cm³/mol. The Balaban J connectivity index is 1.63. The highest BCUT2D eigenvalue weighted by Gasteiger charge is 2.51. The van der Waals surface area contributed by atoms with Gasteiger partial charge >= 0.3 is 11.9 Å². The lowest BCUT2D eigenvalue weighted by Crippen LogP contribution is -2.55. The minimum atomic E-state index is -1.02. The molecule has 2 aliphatic rings. The van der Waals surface area contributed by atoms with Crippen molar-refractivity contribution >= 4 is 34.6 Å². The van der Waals surface area contributed by atoms with E-state index in [0.717, 1.165) is 0 Å². The third kappa shape index (κ3) is 2.87. The van der Waals surface area contributed by atoms with Gasteiger partial charge in [0.2, 0.25) is 5.91 Å². The molecule has 4 rings (SSSR count). The van der Waals surface area contributed by atoms with E-state index in [1.54, 1.807) is 24.3 Å². The van der Waals surface area contributed by atoms with Crippen LogP contribution < -0.4 is 10.2 Å². The maximum atomic E-state index is 11.8. The lowest BCUT2D eigenvalue weighted by Gasteiger charge is -2.42. The number of anilines is 1. The van der Waals surface area contributed by atoms with Crippen molar-refractivity contribution in [2.24, 2.45) is 5.92 Å². The number of aromatic carboxylic acids is 1. The van der Waals surface area contributed by atoms with Crippen molar-refractivity contribution in [3.63, 3.8) is 0 Å². The minimum absolute atomic E-state index is 0.00667. The van der Waals surface area contributed by atoms with Gasteiger partial charge in [0, 0.05) is 24.9 Å². The number of piperidine rings is 1. The van der Waals surface area contributed by atoms with Gasteiger partial charge in [0.25, 0.3) is 0 Å². The number of carbonyl (C=O) groups is 3. The van der Waals surface area contributed by atoms with E-state index in [4.69, 9.17) is 0 Å². The summed E-state index contributed by atoms with van der Waals surface area (Å²) in [5, 5.41) is 22.5. The van der Waals surface area contributed by atoms with Crippen molar-refractivity contribution < 1.29 is 24.6 Å². The van der Waals surface area contributed by atoms with Gasteiger partial charge in [-0.15, -0.1) is 0 Å². The quantitative estimate of drug-likeness (QED) is 0.750. The molecule has 8 nitrogen and oxygen atoms in total. The molecule has 2 saturated heterocycles. The fraction of sp³-hybridized carbons (Fsp3) is 0.368. The standard InChI is InChI=1S/C19H19N3O5/c23-16-10-13(18(26)27)19(21-16)5-7-22(8-6-19)15-9-12(17(24)25)11-3-1-2-4-14(11)20-15/h1-4,9,13H,5-8,10H2,(H,21,23)(H,24,25)(H,26,27)/t13-/m1/s1. The summed E-state index contributed by atoms with van der Waals surface area (Å²) in [4.78, 5) is 41.5. The number of hydrogen-bond acceptors (Lipinski definition) is 5. The summed E-state index contributed by atoms with van der Waals surface area (Å²) in [5.41, 5.74) is 0.0602. The van der Waals surface area contributed by atoms with Gasteiger partial charge in [-0.1, -0.05) is 18.2 Å². The van der Waals surface area contributed by atoms with Crippen LogP contribution in [-0.4, -0.2) is 51.7 Å². The van der Waals surface area contributed by atoms with Gasteiger partial charge in [0.1, 0.15) is 5.82 Å². The number of rotatable bonds is 3. The molecular formula is C19H19N3O5. The van der Waals surface area contributed by atoms with Crippen LogP contribution in [-0.2, 0) is 9.59 Å². The number of amides is 1. The first-order valence-electron chi connectivity index (χ1n) is 8.81.